The van der Waals surface area contributed by atoms with Crippen molar-refractivity contribution in [2.75, 3.05) is 13.2 Å². The lowest BCUT2D eigenvalue weighted by molar-refractivity contribution is -0.138. The van der Waals surface area contributed by atoms with E-state index in [0.717, 1.165) is 45.8 Å². The molecule has 1 N–H and O–H groups in total. The number of esters is 1. The summed E-state index contributed by atoms with van der Waals surface area (Å²) < 4.78 is 23.4. The van der Waals surface area contributed by atoms with Crippen LogP contribution < -0.4 is 15.6 Å². The van der Waals surface area contributed by atoms with E-state index in [0.29, 0.717) is 28.9 Å². The van der Waals surface area contributed by atoms with Crippen LogP contribution in [0.25, 0.3) is 23.5 Å². The Labute approximate surface area is 220 Å². The lowest BCUT2D eigenvalue weighted by Gasteiger charge is -2.24. The number of benzene rings is 2. The molecule has 0 amide bonds. The molecule has 6 nitrogen and oxygen atoms in total. The minimum atomic E-state index is -0.575. The van der Waals surface area contributed by atoms with Gasteiger partial charge in [-0.25, -0.2) is 4.79 Å². The van der Waals surface area contributed by atoms with Crippen molar-refractivity contribution in [3.8, 4) is 22.8 Å². The highest BCUT2D eigenvalue weighted by Crippen LogP contribution is 2.41. The quantitative estimate of drug-likeness (QED) is 0.377. The van der Waals surface area contributed by atoms with E-state index < -0.39 is 11.9 Å². The first kappa shape index (κ1) is 23.9. The fraction of sp³-hybridized carbons (Fsp3) is 0.219. The average Bonchev–Trinajstić information content (AvgIpc) is 3.63. The first-order valence-electron chi connectivity index (χ1n) is 12.8. The highest BCUT2D eigenvalue weighted by atomic mass is 16.5. The molecule has 192 valence electrons. The third-order valence-corrected chi connectivity index (χ3v) is 7.08. The SMILES string of the molecule is CCOC(=O)C1=C(C)C=c2oc(=Cc3ccc(-c4cccc(C)c4)o3)c(O)c2C1c1ccc2c(c1)OCC2. The number of allylic oxidation sites excluding steroid dienone is 1. The van der Waals surface area contributed by atoms with E-state index in [-0.39, 0.29) is 17.8 Å². The van der Waals surface area contributed by atoms with E-state index in [9.17, 15) is 9.90 Å². The number of aryl methyl sites for hydroxylation is 1. The fourth-order valence-corrected chi connectivity index (χ4v) is 5.30. The monoisotopic (exact) mass is 508 g/mol. The molecule has 2 aromatic heterocycles. The number of rotatable bonds is 5. The molecule has 2 aliphatic rings. The van der Waals surface area contributed by atoms with Gasteiger partial charge in [0.25, 0.3) is 0 Å². The highest BCUT2D eigenvalue weighted by molar-refractivity contribution is 5.95. The summed E-state index contributed by atoms with van der Waals surface area (Å²) in [7, 11) is 0. The second kappa shape index (κ2) is 9.45. The molecule has 6 rings (SSSR count). The number of hydrogen-bond acceptors (Lipinski definition) is 6. The lowest BCUT2D eigenvalue weighted by atomic mass is 9.80. The van der Waals surface area contributed by atoms with Gasteiger partial charge >= 0.3 is 5.97 Å². The maximum Gasteiger partial charge on any atom is 0.335 e. The molecular weight excluding hydrogens is 480 g/mol. The van der Waals surface area contributed by atoms with E-state index in [2.05, 4.69) is 6.07 Å². The van der Waals surface area contributed by atoms with Crippen LogP contribution in [-0.2, 0) is 16.0 Å². The molecule has 0 saturated carbocycles. The minimum absolute atomic E-state index is 0.0366. The highest BCUT2D eigenvalue weighted by Gasteiger charge is 2.35. The van der Waals surface area contributed by atoms with Gasteiger partial charge in [-0.05, 0) is 67.8 Å². The Hall–Kier alpha value is -4.45. The number of carbonyl (C=O) groups excluding carboxylic acids is 1. The molecule has 1 atom stereocenters. The zero-order chi connectivity index (χ0) is 26.4. The van der Waals surface area contributed by atoms with Crippen molar-refractivity contribution >= 4 is 18.1 Å². The Morgan fingerprint density at radius 1 is 1.11 bits per heavy atom. The lowest BCUT2D eigenvalue weighted by Crippen LogP contribution is -2.24. The summed E-state index contributed by atoms with van der Waals surface area (Å²) in [6.45, 7) is 6.55. The second-order valence-electron chi connectivity index (χ2n) is 9.67. The van der Waals surface area contributed by atoms with Gasteiger partial charge in [0.15, 0.2) is 11.2 Å². The molecule has 0 radical (unpaired) electrons. The molecule has 0 fully saturated rings. The number of carbonyl (C=O) groups is 1. The smallest absolute Gasteiger partial charge is 0.335 e. The van der Waals surface area contributed by atoms with Crippen molar-refractivity contribution in [2.24, 2.45) is 0 Å². The van der Waals surface area contributed by atoms with Gasteiger partial charge < -0.3 is 23.4 Å². The topological polar surface area (TPSA) is 82.0 Å². The van der Waals surface area contributed by atoms with Crippen LogP contribution >= 0.6 is 0 Å². The molecule has 4 aromatic rings. The fourth-order valence-electron chi connectivity index (χ4n) is 5.30. The van der Waals surface area contributed by atoms with Gasteiger partial charge in [0.1, 0.15) is 22.7 Å². The Bertz CT molecular complexity index is 1710. The number of ether oxygens (including phenoxy) is 2. The van der Waals surface area contributed by atoms with Crippen LogP contribution in [0.4, 0.5) is 0 Å². The van der Waals surface area contributed by atoms with E-state index in [1.165, 1.54) is 0 Å². The summed E-state index contributed by atoms with van der Waals surface area (Å²) in [5, 5.41) is 11.4. The largest absolute Gasteiger partial charge is 0.504 e. The van der Waals surface area contributed by atoms with Gasteiger partial charge in [0.05, 0.1) is 24.4 Å². The second-order valence-corrected chi connectivity index (χ2v) is 9.67. The number of furan rings is 2. The van der Waals surface area contributed by atoms with Gasteiger partial charge in [-0.15, -0.1) is 0 Å². The van der Waals surface area contributed by atoms with Crippen molar-refractivity contribution < 1.29 is 28.2 Å². The van der Waals surface area contributed by atoms with E-state index >= 15 is 0 Å². The van der Waals surface area contributed by atoms with Crippen molar-refractivity contribution in [3.05, 3.63) is 105 Å². The summed E-state index contributed by atoms with van der Waals surface area (Å²) in [6, 6.07) is 17.7. The first-order chi connectivity index (χ1) is 18.4. The molecule has 1 aliphatic heterocycles. The van der Waals surface area contributed by atoms with Crippen LogP contribution in [0.3, 0.4) is 0 Å². The summed E-state index contributed by atoms with van der Waals surface area (Å²) in [6.07, 6.45) is 4.30. The van der Waals surface area contributed by atoms with Gasteiger partial charge in [0.2, 0.25) is 0 Å². The Kier molecular flexibility index (Phi) is 5.95. The molecule has 1 unspecified atom stereocenters. The molecule has 6 heteroatoms. The normalized spacial score (nSPS) is 16.6. The predicted octanol–water partition coefficient (Wildman–Crippen LogP) is 5.12. The van der Waals surface area contributed by atoms with Crippen molar-refractivity contribution in [1.82, 2.24) is 0 Å². The Morgan fingerprint density at radius 3 is 2.79 bits per heavy atom. The van der Waals surface area contributed by atoms with Crippen molar-refractivity contribution in [3.63, 3.8) is 0 Å². The third-order valence-electron chi connectivity index (χ3n) is 7.08. The number of fused-ring (bicyclic) bond motifs is 2. The number of hydrogen-bond donors (Lipinski definition) is 1. The Balaban J connectivity index is 1.47. The molecule has 38 heavy (non-hydrogen) atoms. The van der Waals surface area contributed by atoms with Gasteiger partial charge in [0, 0.05) is 24.0 Å². The van der Waals surface area contributed by atoms with Crippen LogP contribution in [-0.4, -0.2) is 24.3 Å². The average molecular weight is 509 g/mol. The minimum Gasteiger partial charge on any atom is -0.504 e. The summed E-state index contributed by atoms with van der Waals surface area (Å²) in [5.41, 5.74) is 6.54. The number of aromatic hydroxyl groups is 1. The van der Waals surface area contributed by atoms with E-state index in [4.69, 9.17) is 18.3 Å². The van der Waals surface area contributed by atoms with Crippen LogP contribution in [0, 0.1) is 6.92 Å². The molecule has 1 aliphatic carbocycles. The van der Waals surface area contributed by atoms with Gasteiger partial charge in [-0.1, -0.05) is 35.9 Å². The molecule has 2 aromatic carbocycles. The van der Waals surface area contributed by atoms with E-state index in [1.54, 1.807) is 19.1 Å². The van der Waals surface area contributed by atoms with Crippen LogP contribution in [0.5, 0.6) is 11.5 Å². The van der Waals surface area contributed by atoms with Crippen LogP contribution in [0.1, 0.15) is 47.8 Å². The Morgan fingerprint density at radius 2 is 1.97 bits per heavy atom. The molecule has 0 saturated heterocycles. The summed E-state index contributed by atoms with van der Waals surface area (Å²) >= 11 is 0. The summed E-state index contributed by atoms with van der Waals surface area (Å²) in [4.78, 5) is 13.1. The zero-order valence-electron chi connectivity index (χ0n) is 21.5. The zero-order valence-corrected chi connectivity index (χ0v) is 21.5. The standard InChI is InChI=1S/C32H28O6/c1-4-35-32(34)28-19(3)15-26-30(29(28)22-9-8-20-12-13-36-25(20)16-22)31(33)27(38-26)17-23-10-11-24(37-23)21-7-5-6-18(2)14-21/h5-11,14-17,29,33H,4,12-13H2,1-3H3. The van der Waals surface area contributed by atoms with E-state index in [1.807, 2.05) is 62.4 Å². The van der Waals surface area contributed by atoms with Crippen molar-refractivity contribution in [2.45, 2.75) is 33.1 Å². The maximum atomic E-state index is 13.1. The molecule has 0 spiro atoms. The molecule has 0 bridgehead atoms. The first-order valence-corrected chi connectivity index (χ1v) is 12.8. The van der Waals surface area contributed by atoms with Crippen molar-refractivity contribution in [1.29, 1.82) is 0 Å². The third kappa shape index (κ3) is 4.12. The molecule has 3 heterocycles. The van der Waals surface area contributed by atoms with Crippen LogP contribution in [0.2, 0.25) is 0 Å². The maximum absolute atomic E-state index is 13.1. The van der Waals surface area contributed by atoms with Gasteiger partial charge in [-0.3, -0.25) is 0 Å². The van der Waals surface area contributed by atoms with Crippen LogP contribution in [0.15, 0.2) is 74.6 Å². The predicted molar refractivity (Wildman–Crippen MR) is 143 cm³/mol. The summed E-state index contributed by atoms with van der Waals surface area (Å²) in [5.74, 6) is 1.03. The van der Waals surface area contributed by atoms with Gasteiger partial charge in [-0.2, -0.15) is 0 Å². The molecular formula is C32H28O6.